The molecule has 0 saturated carbocycles. The zero-order valence-electron chi connectivity index (χ0n) is 10.9. The lowest BCUT2D eigenvalue weighted by Gasteiger charge is -2.12. The Morgan fingerprint density at radius 2 is 1.79 bits per heavy atom. The van der Waals surface area contributed by atoms with E-state index in [1.165, 1.54) is 5.56 Å². The van der Waals surface area contributed by atoms with Gasteiger partial charge in [0.1, 0.15) is 0 Å². The lowest BCUT2D eigenvalue weighted by atomic mass is 9.99. The number of halogens is 2. The second kappa shape index (κ2) is 6.95. The predicted octanol–water partition coefficient (Wildman–Crippen LogP) is 5.16. The van der Waals surface area contributed by atoms with Crippen molar-refractivity contribution in [2.45, 2.75) is 19.9 Å². The predicted molar refractivity (Wildman–Crippen MR) is 83.9 cm³/mol. The Balaban J connectivity index is 2.33. The molecular formula is C16H17Cl2N. The summed E-state index contributed by atoms with van der Waals surface area (Å²) in [7, 11) is 0. The monoisotopic (exact) mass is 293 g/mol. The maximum atomic E-state index is 6.29. The quantitative estimate of drug-likeness (QED) is 0.751. The average Bonchev–Trinajstić information content (AvgIpc) is 2.40. The van der Waals surface area contributed by atoms with Gasteiger partial charge in [-0.3, -0.25) is 0 Å². The molecule has 0 unspecified atom stereocenters. The summed E-state index contributed by atoms with van der Waals surface area (Å²) in [5.74, 6) is 0. The highest BCUT2D eigenvalue weighted by atomic mass is 35.5. The Morgan fingerprint density at radius 1 is 1.00 bits per heavy atom. The largest absolute Gasteiger partial charge is 0.313 e. The molecule has 0 atom stereocenters. The van der Waals surface area contributed by atoms with Crippen LogP contribution in [0.3, 0.4) is 0 Å². The lowest BCUT2D eigenvalue weighted by molar-refractivity contribution is 0.676. The van der Waals surface area contributed by atoms with Crippen molar-refractivity contribution in [1.29, 1.82) is 0 Å². The van der Waals surface area contributed by atoms with Gasteiger partial charge in [-0.2, -0.15) is 0 Å². The van der Waals surface area contributed by atoms with E-state index in [0.717, 1.165) is 30.6 Å². The van der Waals surface area contributed by atoms with Crippen LogP contribution in [0.5, 0.6) is 0 Å². The van der Waals surface area contributed by atoms with Gasteiger partial charge in [-0.05, 0) is 36.2 Å². The number of hydrogen-bond acceptors (Lipinski definition) is 1. The molecule has 0 heterocycles. The molecule has 19 heavy (non-hydrogen) atoms. The third kappa shape index (κ3) is 3.73. The van der Waals surface area contributed by atoms with E-state index in [4.69, 9.17) is 23.2 Å². The minimum atomic E-state index is 0.662. The molecule has 2 aromatic carbocycles. The summed E-state index contributed by atoms with van der Waals surface area (Å²) in [6.07, 6.45) is 1.13. The first kappa shape index (κ1) is 14.4. The number of nitrogens with one attached hydrogen (secondary N) is 1. The highest BCUT2D eigenvalue weighted by Gasteiger charge is 2.08. The summed E-state index contributed by atoms with van der Waals surface area (Å²) in [4.78, 5) is 0. The Morgan fingerprint density at radius 3 is 2.53 bits per heavy atom. The minimum absolute atomic E-state index is 0.662. The number of rotatable bonds is 5. The van der Waals surface area contributed by atoms with Gasteiger partial charge in [0, 0.05) is 22.2 Å². The van der Waals surface area contributed by atoms with Crippen molar-refractivity contribution in [3.63, 3.8) is 0 Å². The van der Waals surface area contributed by atoms with Gasteiger partial charge in [0.15, 0.2) is 0 Å². The molecule has 0 aliphatic rings. The smallest absolute Gasteiger partial charge is 0.0499 e. The highest BCUT2D eigenvalue weighted by molar-refractivity contribution is 6.36. The van der Waals surface area contributed by atoms with Crippen molar-refractivity contribution in [2.75, 3.05) is 6.54 Å². The normalized spacial score (nSPS) is 10.7. The first-order valence-electron chi connectivity index (χ1n) is 6.46. The molecule has 0 radical (unpaired) electrons. The number of hydrogen-bond donors (Lipinski definition) is 1. The molecule has 0 aliphatic carbocycles. The highest BCUT2D eigenvalue weighted by Crippen LogP contribution is 2.32. The van der Waals surface area contributed by atoms with Gasteiger partial charge < -0.3 is 5.32 Å². The van der Waals surface area contributed by atoms with Gasteiger partial charge in [0.05, 0.1) is 0 Å². The van der Waals surface area contributed by atoms with Crippen LogP contribution in [-0.4, -0.2) is 6.54 Å². The summed E-state index contributed by atoms with van der Waals surface area (Å²) in [6, 6.07) is 13.9. The van der Waals surface area contributed by atoms with Crippen molar-refractivity contribution in [1.82, 2.24) is 5.32 Å². The van der Waals surface area contributed by atoms with Gasteiger partial charge in [-0.15, -0.1) is 0 Å². The van der Waals surface area contributed by atoms with Crippen LogP contribution in [-0.2, 0) is 6.54 Å². The molecule has 2 rings (SSSR count). The molecule has 2 aromatic rings. The van der Waals surface area contributed by atoms with Crippen molar-refractivity contribution in [3.05, 3.63) is 58.1 Å². The van der Waals surface area contributed by atoms with Crippen LogP contribution in [0.4, 0.5) is 0 Å². The van der Waals surface area contributed by atoms with E-state index >= 15 is 0 Å². The van der Waals surface area contributed by atoms with Crippen molar-refractivity contribution in [2.24, 2.45) is 0 Å². The molecule has 0 aliphatic heterocycles. The van der Waals surface area contributed by atoms with Gasteiger partial charge in [0.25, 0.3) is 0 Å². The molecule has 0 fully saturated rings. The van der Waals surface area contributed by atoms with Crippen molar-refractivity contribution in [3.8, 4) is 11.1 Å². The van der Waals surface area contributed by atoms with Gasteiger partial charge >= 0.3 is 0 Å². The topological polar surface area (TPSA) is 12.0 Å². The van der Waals surface area contributed by atoms with Gasteiger partial charge in [-0.1, -0.05) is 60.5 Å². The molecule has 0 amide bonds. The van der Waals surface area contributed by atoms with Crippen LogP contribution < -0.4 is 5.32 Å². The van der Waals surface area contributed by atoms with Crippen molar-refractivity contribution < 1.29 is 0 Å². The molecule has 0 aromatic heterocycles. The SMILES string of the molecule is CCCNCc1ccccc1-c1ccc(Cl)cc1Cl. The molecular weight excluding hydrogens is 277 g/mol. The van der Waals surface area contributed by atoms with Gasteiger partial charge in [0.2, 0.25) is 0 Å². The molecule has 1 nitrogen and oxygen atoms in total. The van der Waals surface area contributed by atoms with E-state index < -0.39 is 0 Å². The van der Waals surface area contributed by atoms with E-state index in [1.54, 1.807) is 6.07 Å². The molecule has 100 valence electrons. The fraction of sp³-hybridized carbons (Fsp3) is 0.250. The Bertz CT molecular complexity index is 552. The third-order valence-corrected chi connectivity index (χ3v) is 3.53. The Kier molecular flexibility index (Phi) is 5.26. The van der Waals surface area contributed by atoms with Crippen molar-refractivity contribution >= 4 is 23.2 Å². The van der Waals surface area contributed by atoms with E-state index in [1.807, 2.05) is 18.2 Å². The van der Waals surface area contributed by atoms with Crippen LogP contribution in [0.1, 0.15) is 18.9 Å². The maximum Gasteiger partial charge on any atom is 0.0499 e. The summed E-state index contributed by atoms with van der Waals surface area (Å²) in [5.41, 5.74) is 3.44. The maximum absolute atomic E-state index is 6.29. The third-order valence-electron chi connectivity index (χ3n) is 2.98. The Labute approximate surface area is 124 Å². The standard InChI is InChI=1S/C16H17Cl2N/c1-2-9-19-11-12-5-3-4-6-14(12)15-8-7-13(17)10-16(15)18/h3-8,10,19H,2,9,11H2,1H3. The first-order chi connectivity index (χ1) is 9.22. The fourth-order valence-electron chi connectivity index (χ4n) is 2.04. The second-order valence-corrected chi connectivity index (χ2v) is 5.30. The fourth-order valence-corrected chi connectivity index (χ4v) is 2.56. The zero-order chi connectivity index (χ0) is 13.7. The van der Waals surface area contributed by atoms with Crippen LogP contribution in [0.2, 0.25) is 10.0 Å². The molecule has 0 spiro atoms. The van der Waals surface area contributed by atoms with E-state index in [2.05, 4.69) is 30.4 Å². The van der Waals surface area contributed by atoms with E-state index in [0.29, 0.717) is 10.0 Å². The average molecular weight is 294 g/mol. The molecule has 0 bridgehead atoms. The zero-order valence-corrected chi connectivity index (χ0v) is 12.4. The molecule has 1 N–H and O–H groups in total. The molecule has 0 saturated heterocycles. The second-order valence-electron chi connectivity index (χ2n) is 4.46. The van der Waals surface area contributed by atoms with Crippen LogP contribution in [0.15, 0.2) is 42.5 Å². The van der Waals surface area contributed by atoms with E-state index in [9.17, 15) is 0 Å². The van der Waals surface area contributed by atoms with Crippen LogP contribution in [0.25, 0.3) is 11.1 Å². The van der Waals surface area contributed by atoms with Crippen LogP contribution >= 0.6 is 23.2 Å². The summed E-state index contributed by atoms with van der Waals surface area (Å²) >= 11 is 12.2. The summed E-state index contributed by atoms with van der Waals surface area (Å²) < 4.78 is 0. The number of benzene rings is 2. The Hall–Kier alpha value is -1.02. The minimum Gasteiger partial charge on any atom is -0.313 e. The lowest BCUT2D eigenvalue weighted by Crippen LogP contribution is -2.14. The van der Waals surface area contributed by atoms with E-state index in [-0.39, 0.29) is 0 Å². The van der Waals surface area contributed by atoms with Gasteiger partial charge in [-0.25, -0.2) is 0 Å². The summed E-state index contributed by atoms with van der Waals surface area (Å²) in [6.45, 7) is 4.03. The van der Waals surface area contributed by atoms with Crippen LogP contribution in [0, 0.1) is 0 Å². The molecule has 3 heteroatoms. The summed E-state index contributed by atoms with van der Waals surface area (Å²) in [5, 5.41) is 4.78. The first-order valence-corrected chi connectivity index (χ1v) is 7.22.